The summed E-state index contributed by atoms with van der Waals surface area (Å²) in [6.45, 7) is 0. The molecule has 4 aromatic rings. The number of fused-ring (bicyclic) bond motifs is 1. The molecule has 4 nitrogen and oxygen atoms in total. The number of carbonyl (C=O) groups is 1. The van der Waals surface area contributed by atoms with Crippen LogP contribution >= 0.6 is 0 Å². The van der Waals surface area contributed by atoms with Crippen LogP contribution in [0.15, 0.2) is 85.2 Å². The molecule has 1 heterocycles. The fourth-order valence-electron chi connectivity index (χ4n) is 2.69. The Morgan fingerprint density at radius 2 is 1.40 bits per heavy atom. The number of benzene rings is 3. The number of nitrogens with zero attached hydrogens (tertiary/aromatic N) is 2. The summed E-state index contributed by atoms with van der Waals surface area (Å²) in [6, 6.07) is 23.1. The van der Waals surface area contributed by atoms with Crippen molar-refractivity contribution in [2.24, 2.45) is 0 Å². The van der Waals surface area contributed by atoms with Gasteiger partial charge in [0.05, 0.1) is 11.0 Å². The first-order valence-corrected chi connectivity index (χ1v) is 7.97. The third-order valence-corrected chi connectivity index (χ3v) is 3.98. The number of nitrogens with one attached hydrogen (secondary N) is 1. The van der Waals surface area contributed by atoms with E-state index in [0.717, 1.165) is 22.2 Å². The second-order valence-electron chi connectivity index (χ2n) is 5.66. The van der Waals surface area contributed by atoms with Gasteiger partial charge in [0.25, 0.3) is 5.91 Å². The zero-order chi connectivity index (χ0) is 17.1. The van der Waals surface area contributed by atoms with E-state index in [9.17, 15) is 4.79 Å². The van der Waals surface area contributed by atoms with E-state index in [1.807, 2.05) is 72.8 Å². The zero-order valence-electron chi connectivity index (χ0n) is 13.4. The minimum atomic E-state index is -0.150. The molecule has 0 unspecified atom stereocenters. The molecular formula is C21H15N3O. The normalized spacial score (nSPS) is 10.6. The summed E-state index contributed by atoms with van der Waals surface area (Å²) in [6.07, 6.45) is 3.28. The summed E-state index contributed by atoms with van der Waals surface area (Å²) in [5, 5.41) is 2.90. The molecule has 4 heteroatoms. The molecule has 0 aliphatic rings. The van der Waals surface area contributed by atoms with E-state index >= 15 is 0 Å². The smallest absolute Gasteiger partial charge is 0.255 e. The van der Waals surface area contributed by atoms with Crippen molar-refractivity contribution >= 4 is 22.6 Å². The Hall–Kier alpha value is -3.53. The predicted octanol–water partition coefficient (Wildman–Crippen LogP) is 4.55. The molecule has 3 aromatic carbocycles. The second-order valence-corrected chi connectivity index (χ2v) is 5.66. The van der Waals surface area contributed by atoms with Crippen molar-refractivity contribution in [3.8, 4) is 11.1 Å². The third kappa shape index (κ3) is 3.23. The fourth-order valence-corrected chi connectivity index (χ4v) is 2.69. The quantitative estimate of drug-likeness (QED) is 0.601. The van der Waals surface area contributed by atoms with Crippen LogP contribution in [0.4, 0.5) is 5.69 Å². The van der Waals surface area contributed by atoms with E-state index in [2.05, 4.69) is 15.3 Å². The molecule has 0 bridgehead atoms. The monoisotopic (exact) mass is 325 g/mol. The van der Waals surface area contributed by atoms with Crippen LogP contribution in [0.1, 0.15) is 10.4 Å². The van der Waals surface area contributed by atoms with E-state index in [1.165, 1.54) is 0 Å². The number of hydrogen-bond acceptors (Lipinski definition) is 3. The number of aromatic nitrogens is 2. The van der Waals surface area contributed by atoms with Gasteiger partial charge in [-0.2, -0.15) is 0 Å². The highest BCUT2D eigenvalue weighted by atomic mass is 16.1. The largest absolute Gasteiger partial charge is 0.322 e. The Kier molecular flexibility index (Phi) is 3.92. The molecular weight excluding hydrogens is 310 g/mol. The number of amides is 1. The lowest BCUT2D eigenvalue weighted by atomic mass is 10.0. The molecule has 0 atom stereocenters. The van der Waals surface area contributed by atoms with Crippen molar-refractivity contribution in [3.63, 3.8) is 0 Å². The first kappa shape index (κ1) is 15.0. The van der Waals surface area contributed by atoms with Gasteiger partial charge >= 0.3 is 0 Å². The summed E-state index contributed by atoms with van der Waals surface area (Å²) in [7, 11) is 0. The molecule has 0 aliphatic carbocycles. The zero-order valence-corrected chi connectivity index (χ0v) is 13.4. The van der Waals surface area contributed by atoms with Gasteiger partial charge in [-0.25, -0.2) is 0 Å². The van der Waals surface area contributed by atoms with Crippen molar-refractivity contribution in [2.75, 3.05) is 5.32 Å². The van der Waals surface area contributed by atoms with Crippen LogP contribution in [0.5, 0.6) is 0 Å². The lowest BCUT2D eigenvalue weighted by molar-refractivity contribution is 0.102. The number of carbonyl (C=O) groups excluding carboxylic acids is 1. The van der Waals surface area contributed by atoms with Crippen LogP contribution in [0.2, 0.25) is 0 Å². The Balaban J connectivity index is 1.54. The SMILES string of the molecule is O=C(Nc1ccc2nccnc2c1)c1ccc(-c2ccccc2)cc1. The van der Waals surface area contributed by atoms with Crippen LogP contribution in [0.25, 0.3) is 22.2 Å². The Morgan fingerprint density at radius 3 is 2.16 bits per heavy atom. The number of hydrogen-bond donors (Lipinski definition) is 1. The molecule has 4 rings (SSSR count). The topological polar surface area (TPSA) is 54.9 Å². The number of rotatable bonds is 3. The van der Waals surface area contributed by atoms with Gasteiger partial charge in [0.1, 0.15) is 0 Å². The van der Waals surface area contributed by atoms with Gasteiger partial charge in [0.15, 0.2) is 0 Å². The van der Waals surface area contributed by atoms with Crippen LogP contribution in [-0.4, -0.2) is 15.9 Å². The van der Waals surface area contributed by atoms with E-state index in [4.69, 9.17) is 0 Å². The minimum Gasteiger partial charge on any atom is -0.322 e. The number of anilines is 1. The van der Waals surface area contributed by atoms with Crippen LogP contribution < -0.4 is 5.32 Å². The maximum atomic E-state index is 12.5. The lowest BCUT2D eigenvalue weighted by Gasteiger charge is -2.07. The molecule has 1 N–H and O–H groups in total. The predicted molar refractivity (Wildman–Crippen MR) is 99.4 cm³/mol. The van der Waals surface area contributed by atoms with Gasteiger partial charge in [-0.3, -0.25) is 14.8 Å². The van der Waals surface area contributed by atoms with E-state index < -0.39 is 0 Å². The van der Waals surface area contributed by atoms with Crippen molar-refractivity contribution in [3.05, 3.63) is 90.8 Å². The molecule has 0 spiro atoms. The standard InChI is InChI=1S/C21H15N3O/c25-21(24-18-10-11-19-20(14-18)23-13-12-22-19)17-8-6-16(7-9-17)15-4-2-1-3-5-15/h1-14H,(H,24,25). The van der Waals surface area contributed by atoms with Gasteiger partial charge in [-0.1, -0.05) is 42.5 Å². The van der Waals surface area contributed by atoms with Crippen molar-refractivity contribution < 1.29 is 4.79 Å². The molecule has 0 saturated heterocycles. The molecule has 0 fully saturated rings. The summed E-state index contributed by atoms with van der Waals surface area (Å²) >= 11 is 0. The van der Waals surface area contributed by atoms with Crippen LogP contribution in [-0.2, 0) is 0 Å². The maximum absolute atomic E-state index is 12.5. The average Bonchev–Trinajstić information content (AvgIpc) is 2.69. The summed E-state index contributed by atoms with van der Waals surface area (Å²) in [4.78, 5) is 20.9. The van der Waals surface area contributed by atoms with Gasteiger partial charge < -0.3 is 5.32 Å². The highest BCUT2D eigenvalue weighted by Gasteiger charge is 2.07. The first-order valence-electron chi connectivity index (χ1n) is 7.97. The Labute approximate surface area is 145 Å². The highest BCUT2D eigenvalue weighted by molar-refractivity contribution is 6.05. The molecule has 0 radical (unpaired) electrons. The Bertz CT molecular complexity index is 1030. The molecule has 0 saturated carbocycles. The molecule has 1 aromatic heterocycles. The van der Waals surface area contributed by atoms with Gasteiger partial charge in [0, 0.05) is 23.6 Å². The Morgan fingerprint density at radius 1 is 0.720 bits per heavy atom. The van der Waals surface area contributed by atoms with E-state index in [1.54, 1.807) is 12.4 Å². The highest BCUT2D eigenvalue weighted by Crippen LogP contribution is 2.20. The maximum Gasteiger partial charge on any atom is 0.255 e. The van der Waals surface area contributed by atoms with E-state index in [0.29, 0.717) is 11.3 Å². The summed E-state index contributed by atoms with van der Waals surface area (Å²) in [5.74, 6) is -0.150. The van der Waals surface area contributed by atoms with Crippen molar-refractivity contribution in [2.45, 2.75) is 0 Å². The lowest BCUT2D eigenvalue weighted by Crippen LogP contribution is -2.11. The molecule has 25 heavy (non-hydrogen) atoms. The first-order chi connectivity index (χ1) is 12.3. The van der Waals surface area contributed by atoms with E-state index in [-0.39, 0.29) is 5.91 Å². The molecule has 1 amide bonds. The third-order valence-electron chi connectivity index (χ3n) is 3.98. The average molecular weight is 325 g/mol. The molecule has 0 aliphatic heterocycles. The second kappa shape index (κ2) is 6.53. The van der Waals surface area contributed by atoms with Crippen molar-refractivity contribution in [1.82, 2.24) is 9.97 Å². The fraction of sp³-hybridized carbons (Fsp3) is 0. The minimum absolute atomic E-state index is 0.150. The van der Waals surface area contributed by atoms with Crippen LogP contribution in [0, 0.1) is 0 Å². The molecule has 120 valence electrons. The van der Waals surface area contributed by atoms with Crippen molar-refractivity contribution in [1.29, 1.82) is 0 Å². The van der Waals surface area contributed by atoms with Gasteiger partial charge in [-0.15, -0.1) is 0 Å². The van der Waals surface area contributed by atoms with Gasteiger partial charge in [-0.05, 0) is 41.5 Å². The summed E-state index contributed by atoms with van der Waals surface area (Å²) in [5.41, 5.74) is 5.07. The van der Waals surface area contributed by atoms with Gasteiger partial charge in [0.2, 0.25) is 0 Å². The van der Waals surface area contributed by atoms with Crippen LogP contribution in [0.3, 0.4) is 0 Å². The summed E-state index contributed by atoms with van der Waals surface area (Å²) < 4.78 is 0.